The first-order valence-electron chi connectivity index (χ1n) is 4.30. The van der Waals surface area contributed by atoms with Gasteiger partial charge in [-0.05, 0) is 22.9 Å². The molecule has 0 saturated heterocycles. The fourth-order valence-electron chi connectivity index (χ4n) is 1.21. The molecule has 6 heteroatoms. The molecule has 15 heavy (non-hydrogen) atoms. The molecule has 0 saturated carbocycles. The van der Waals surface area contributed by atoms with Crippen LogP contribution in [-0.2, 0) is 11.2 Å². The summed E-state index contributed by atoms with van der Waals surface area (Å²) in [5.41, 5.74) is 1.49. The molecule has 2 rings (SSSR count). The van der Waals surface area contributed by atoms with E-state index in [0.717, 1.165) is 11.3 Å². The summed E-state index contributed by atoms with van der Waals surface area (Å²) >= 11 is 0. The van der Waals surface area contributed by atoms with Crippen molar-refractivity contribution in [2.45, 2.75) is 6.42 Å². The van der Waals surface area contributed by atoms with Crippen molar-refractivity contribution in [3.8, 4) is 5.69 Å². The Morgan fingerprint density at radius 3 is 2.60 bits per heavy atom. The predicted octanol–water partition coefficient (Wildman–Crippen LogP) is 0.289. The number of aliphatic carboxylic acids is 1. The number of carbonyl (C=O) groups is 1. The Morgan fingerprint density at radius 1 is 1.33 bits per heavy atom. The van der Waals surface area contributed by atoms with E-state index in [1.165, 1.54) is 11.1 Å². The lowest BCUT2D eigenvalue weighted by molar-refractivity contribution is -0.136. The van der Waals surface area contributed by atoms with Crippen molar-refractivity contribution in [3.63, 3.8) is 0 Å². The smallest absolute Gasteiger partial charge is 0.307 e. The van der Waals surface area contributed by atoms with E-state index in [2.05, 4.69) is 15.4 Å². The molecule has 0 amide bonds. The van der Waals surface area contributed by atoms with Gasteiger partial charge < -0.3 is 5.11 Å². The van der Waals surface area contributed by atoms with Crippen molar-refractivity contribution in [1.82, 2.24) is 20.2 Å². The Balaban J connectivity index is 2.21. The number of rotatable bonds is 3. The zero-order chi connectivity index (χ0) is 10.7. The molecule has 0 fully saturated rings. The van der Waals surface area contributed by atoms with Crippen LogP contribution in [0.3, 0.4) is 0 Å². The maximum absolute atomic E-state index is 10.4. The first-order chi connectivity index (χ1) is 7.25. The van der Waals surface area contributed by atoms with E-state index in [9.17, 15) is 4.79 Å². The lowest BCUT2D eigenvalue weighted by atomic mass is 10.1. The van der Waals surface area contributed by atoms with Gasteiger partial charge in [0.25, 0.3) is 0 Å². The van der Waals surface area contributed by atoms with Crippen molar-refractivity contribution in [1.29, 1.82) is 0 Å². The number of carboxylic acid groups (broad SMARTS) is 1. The average molecular weight is 204 g/mol. The van der Waals surface area contributed by atoms with Gasteiger partial charge in [-0.25, -0.2) is 0 Å². The van der Waals surface area contributed by atoms with E-state index in [0.29, 0.717) is 0 Å². The van der Waals surface area contributed by atoms with E-state index in [1.54, 1.807) is 24.3 Å². The fourth-order valence-corrected chi connectivity index (χ4v) is 1.21. The van der Waals surface area contributed by atoms with Crippen LogP contribution < -0.4 is 0 Å². The summed E-state index contributed by atoms with van der Waals surface area (Å²) in [7, 11) is 0. The summed E-state index contributed by atoms with van der Waals surface area (Å²) < 4.78 is 0. The van der Waals surface area contributed by atoms with Crippen LogP contribution in [0.2, 0.25) is 0 Å². The lowest BCUT2D eigenvalue weighted by Gasteiger charge is -1.99. The van der Waals surface area contributed by atoms with Gasteiger partial charge in [0.05, 0.1) is 12.1 Å². The molecular weight excluding hydrogens is 196 g/mol. The third kappa shape index (κ3) is 2.16. The summed E-state index contributed by atoms with van der Waals surface area (Å²) in [6, 6.07) is 6.96. The summed E-state index contributed by atoms with van der Waals surface area (Å²) in [5, 5.41) is 19.7. The lowest BCUT2D eigenvalue weighted by Crippen LogP contribution is -2.02. The minimum atomic E-state index is -0.846. The molecule has 2 aromatic rings. The van der Waals surface area contributed by atoms with Crippen LogP contribution in [0.4, 0.5) is 0 Å². The molecule has 0 aliphatic rings. The van der Waals surface area contributed by atoms with Gasteiger partial charge in [0.15, 0.2) is 6.33 Å². The summed E-state index contributed by atoms with van der Waals surface area (Å²) in [4.78, 5) is 11.8. The van der Waals surface area contributed by atoms with Crippen molar-refractivity contribution in [2.24, 2.45) is 0 Å². The topological polar surface area (TPSA) is 80.9 Å². The van der Waals surface area contributed by atoms with Gasteiger partial charge in [0, 0.05) is 0 Å². The van der Waals surface area contributed by atoms with Crippen molar-refractivity contribution >= 4 is 5.97 Å². The Hall–Kier alpha value is -2.24. The Kier molecular flexibility index (Phi) is 2.40. The zero-order valence-corrected chi connectivity index (χ0v) is 7.74. The van der Waals surface area contributed by atoms with Crippen molar-refractivity contribution in [2.75, 3.05) is 0 Å². The normalized spacial score (nSPS) is 10.1. The Labute approximate surface area is 85.2 Å². The predicted molar refractivity (Wildman–Crippen MR) is 50.5 cm³/mol. The zero-order valence-electron chi connectivity index (χ0n) is 7.74. The molecule has 1 heterocycles. The van der Waals surface area contributed by atoms with Gasteiger partial charge in [0.1, 0.15) is 0 Å². The number of nitrogens with zero attached hydrogens (tertiary/aromatic N) is 4. The molecule has 1 N–H and O–H groups in total. The van der Waals surface area contributed by atoms with Gasteiger partial charge in [-0.1, -0.05) is 12.1 Å². The second kappa shape index (κ2) is 3.87. The highest BCUT2D eigenvalue weighted by atomic mass is 16.4. The quantitative estimate of drug-likeness (QED) is 0.777. The molecule has 0 spiro atoms. The maximum atomic E-state index is 10.4. The molecule has 0 aliphatic heterocycles. The first kappa shape index (κ1) is 9.32. The highest BCUT2D eigenvalue weighted by molar-refractivity contribution is 5.70. The minimum absolute atomic E-state index is 0.0189. The third-order valence-electron chi connectivity index (χ3n) is 1.87. The summed E-state index contributed by atoms with van der Waals surface area (Å²) in [5.74, 6) is -0.846. The highest BCUT2D eigenvalue weighted by Crippen LogP contribution is 2.07. The molecule has 1 aromatic carbocycles. The number of tetrazole rings is 1. The Morgan fingerprint density at radius 2 is 2.07 bits per heavy atom. The fraction of sp³-hybridized carbons (Fsp3) is 0.111. The number of benzene rings is 1. The standard InChI is InChI=1S/C9H8N4O2/c14-9(15)5-7-1-3-8(4-2-7)13-11-6-10-12-13/h1-4,6H,5H2,(H,14,15). The second-order valence-corrected chi connectivity index (χ2v) is 2.96. The second-order valence-electron chi connectivity index (χ2n) is 2.96. The minimum Gasteiger partial charge on any atom is -0.481 e. The Bertz CT molecular complexity index is 449. The van der Waals surface area contributed by atoms with Gasteiger partial charge in [0.2, 0.25) is 0 Å². The maximum Gasteiger partial charge on any atom is 0.307 e. The van der Waals surface area contributed by atoms with Crippen molar-refractivity contribution in [3.05, 3.63) is 36.2 Å². The highest BCUT2D eigenvalue weighted by Gasteiger charge is 2.01. The third-order valence-corrected chi connectivity index (χ3v) is 1.87. The number of hydrogen-bond acceptors (Lipinski definition) is 4. The molecule has 0 bridgehead atoms. The molecule has 0 aliphatic carbocycles. The molecule has 76 valence electrons. The molecule has 1 aromatic heterocycles. The van der Waals surface area contributed by atoms with Crippen LogP contribution in [-0.4, -0.2) is 31.3 Å². The monoisotopic (exact) mass is 204 g/mol. The van der Waals surface area contributed by atoms with Gasteiger partial charge in [-0.3, -0.25) is 4.79 Å². The first-order valence-corrected chi connectivity index (χ1v) is 4.30. The van der Waals surface area contributed by atoms with Crippen LogP contribution in [0.5, 0.6) is 0 Å². The van der Waals surface area contributed by atoms with E-state index in [1.807, 2.05) is 0 Å². The van der Waals surface area contributed by atoms with Crippen LogP contribution >= 0.6 is 0 Å². The SMILES string of the molecule is O=C(O)Cc1ccc(-n2ncnn2)cc1. The molecule has 0 unspecified atom stereocenters. The van der Waals surface area contributed by atoms with E-state index in [-0.39, 0.29) is 6.42 Å². The van der Waals surface area contributed by atoms with E-state index in [4.69, 9.17) is 5.11 Å². The van der Waals surface area contributed by atoms with Gasteiger partial charge >= 0.3 is 5.97 Å². The molecule has 6 nitrogen and oxygen atoms in total. The van der Waals surface area contributed by atoms with Gasteiger partial charge in [-0.2, -0.15) is 0 Å². The van der Waals surface area contributed by atoms with E-state index >= 15 is 0 Å². The van der Waals surface area contributed by atoms with Crippen LogP contribution in [0, 0.1) is 0 Å². The molecule has 0 radical (unpaired) electrons. The van der Waals surface area contributed by atoms with Crippen LogP contribution in [0.25, 0.3) is 5.69 Å². The largest absolute Gasteiger partial charge is 0.481 e. The summed E-state index contributed by atoms with van der Waals surface area (Å²) in [6.07, 6.45) is 1.36. The van der Waals surface area contributed by atoms with Gasteiger partial charge in [-0.15, -0.1) is 15.0 Å². The summed E-state index contributed by atoms with van der Waals surface area (Å²) in [6.45, 7) is 0. The van der Waals surface area contributed by atoms with Crippen molar-refractivity contribution < 1.29 is 9.90 Å². The van der Waals surface area contributed by atoms with Crippen LogP contribution in [0.15, 0.2) is 30.6 Å². The molecular formula is C9H8N4O2. The van der Waals surface area contributed by atoms with Crippen LogP contribution in [0.1, 0.15) is 5.56 Å². The number of aromatic nitrogens is 4. The molecule has 0 atom stereocenters. The average Bonchev–Trinajstić information content (AvgIpc) is 2.71. The number of carboxylic acids is 1. The van der Waals surface area contributed by atoms with E-state index < -0.39 is 5.97 Å². The number of hydrogen-bond donors (Lipinski definition) is 1.